The van der Waals surface area contributed by atoms with E-state index >= 15 is 0 Å². The van der Waals surface area contributed by atoms with Gasteiger partial charge in [-0.25, -0.2) is 4.98 Å². The van der Waals surface area contributed by atoms with Gasteiger partial charge in [0.05, 0.1) is 6.61 Å². The molecule has 1 aromatic rings. The Kier molecular flexibility index (Phi) is 6.21. The summed E-state index contributed by atoms with van der Waals surface area (Å²) in [7, 11) is 1.75. The number of nitrogens with zero attached hydrogens (tertiary/aromatic N) is 2. The number of pyridine rings is 1. The first kappa shape index (κ1) is 16.0. The third-order valence-corrected chi connectivity index (χ3v) is 3.71. The van der Waals surface area contributed by atoms with Crippen molar-refractivity contribution in [2.45, 2.75) is 33.2 Å². The third kappa shape index (κ3) is 4.83. The molecule has 4 heteroatoms. The van der Waals surface area contributed by atoms with E-state index in [4.69, 9.17) is 9.72 Å². The maximum absolute atomic E-state index is 5.20. The summed E-state index contributed by atoms with van der Waals surface area (Å²) in [5.41, 5.74) is 3.80. The Balaban J connectivity index is 2.03. The highest BCUT2D eigenvalue weighted by Crippen LogP contribution is 2.20. The van der Waals surface area contributed by atoms with Crippen molar-refractivity contribution in [3.8, 4) is 0 Å². The first-order chi connectivity index (χ1) is 10.2. The van der Waals surface area contributed by atoms with Crippen LogP contribution in [0.3, 0.4) is 0 Å². The molecule has 0 amide bonds. The molecule has 0 atom stereocenters. The largest absolute Gasteiger partial charge is 0.380 e. The van der Waals surface area contributed by atoms with Crippen LogP contribution in [0.2, 0.25) is 0 Å². The van der Waals surface area contributed by atoms with Gasteiger partial charge >= 0.3 is 0 Å². The van der Waals surface area contributed by atoms with E-state index in [1.54, 1.807) is 7.11 Å². The molecule has 0 radical (unpaired) electrons. The molecule has 0 bridgehead atoms. The highest BCUT2D eigenvalue weighted by atomic mass is 16.5. The fourth-order valence-electron chi connectivity index (χ4n) is 2.63. The van der Waals surface area contributed by atoms with E-state index in [0.717, 1.165) is 57.1 Å². The third-order valence-electron chi connectivity index (χ3n) is 3.71. The summed E-state index contributed by atoms with van der Waals surface area (Å²) in [6, 6.07) is 4.38. The normalized spacial score (nSPS) is 15.2. The SMILES string of the molecule is CCCNCc1cc(C)nc(N2CC=C(COC)CC2)c1. The number of anilines is 1. The summed E-state index contributed by atoms with van der Waals surface area (Å²) in [6.45, 7) is 8.94. The van der Waals surface area contributed by atoms with E-state index < -0.39 is 0 Å². The summed E-state index contributed by atoms with van der Waals surface area (Å²) in [5.74, 6) is 1.09. The molecule has 0 saturated heterocycles. The molecule has 21 heavy (non-hydrogen) atoms. The number of nitrogens with one attached hydrogen (secondary N) is 1. The van der Waals surface area contributed by atoms with Gasteiger partial charge in [-0.2, -0.15) is 0 Å². The minimum Gasteiger partial charge on any atom is -0.380 e. The lowest BCUT2D eigenvalue weighted by Crippen LogP contribution is -2.30. The molecule has 1 aliphatic heterocycles. The zero-order valence-electron chi connectivity index (χ0n) is 13.5. The highest BCUT2D eigenvalue weighted by Gasteiger charge is 2.14. The molecule has 1 aromatic heterocycles. The van der Waals surface area contributed by atoms with Gasteiger partial charge in [-0.1, -0.05) is 13.0 Å². The van der Waals surface area contributed by atoms with Gasteiger partial charge < -0.3 is 15.0 Å². The second kappa shape index (κ2) is 8.15. The highest BCUT2D eigenvalue weighted by molar-refractivity contribution is 5.44. The summed E-state index contributed by atoms with van der Waals surface area (Å²) < 4.78 is 5.20. The van der Waals surface area contributed by atoms with Gasteiger partial charge in [-0.3, -0.25) is 0 Å². The molecule has 0 unspecified atom stereocenters. The van der Waals surface area contributed by atoms with E-state index in [9.17, 15) is 0 Å². The summed E-state index contributed by atoms with van der Waals surface area (Å²) >= 11 is 0. The molecule has 0 aliphatic carbocycles. The molecule has 116 valence electrons. The van der Waals surface area contributed by atoms with E-state index in [0.29, 0.717) is 0 Å². The summed E-state index contributed by atoms with van der Waals surface area (Å²) in [5, 5.41) is 3.46. The fraction of sp³-hybridized carbons (Fsp3) is 0.588. The van der Waals surface area contributed by atoms with Crippen molar-refractivity contribution >= 4 is 5.82 Å². The van der Waals surface area contributed by atoms with Crippen LogP contribution in [-0.4, -0.2) is 38.3 Å². The fourth-order valence-corrected chi connectivity index (χ4v) is 2.63. The lowest BCUT2D eigenvalue weighted by Gasteiger charge is -2.28. The van der Waals surface area contributed by atoms with Crippen LogP contribution in [0.25, 0.3) is 0 Å². The van der Waals surface area contributed by atoms with Gasteiger partial charge in [0.1, 0.15) is 5.82 Å². The predicted octanol–water partition coefficient (Wildman–Crippen LogP) is 2.67. The number of hydrogen-bond donors (Lipinski definition) is 1. The lowest BCUT2D eigenvalue weighted by atomic mass is 10.1. The van der Waals surface area contributed by atoms with Crippen LogP contribution in [0.1, 0.15) is 31.0 Å². The van der Waals surface area contributed by atoms with Crippen LogP contribution in [0.15, 0.2) is 23.8 Å². The molecule has 0 aromatic carbocycles. The monoisotopic (exact) mass is 289 g/mol. The molecule has 2 rings (SSSR count). The van der Waals surface area contributed by atoms with Crippen molar-refractivity contribution in [2.24, 2.45) is 0 Å². The first-order valence-electron chi connectivity index (χ1n) is 7.83. The Morgan fingerprint density at radius 3 is 2.90 bits per heavy atom. The molecule has 4 nitrogen and oxygen atoms in total. The smallest absolute Gasteiger partial charge is 0.129 e. The molecular formula is C17H27N3O. The van der Waals surface area contributed by atoms with Gasteiger partial charge in [0, 0.05) is 32.4 Å². The summed E-state index contributed by atoms with van der Waals surface area (Å²) in [6.07, 6.45) is 4.50. The van der Waals surface area contributed by atoms with Crippen LogP contribution in [0.5, 0.6) is 0 Å². The topological polar surface area (TPSA) is 37.4 Å². The number of rotatable bonds is 7. The predicted molar refractivity (Wildman–Crippen MR) is 87.8 cm³/mol. The number of aromatic nitrogens is 1. The van der Waals surface area contributed by atoms with Gasteiger partial charge in [0.15, 0.2) is 0 Å². The van der Waals surface area contributed by atoms with E-state index in [1.807, 2.05) is 0 Å². The molecular weight excluding hydrogens is 262 g/mol. The standard InChI is InChI=1S/C17H27N3O/c1-4-7-18-12-16-10-14(2)19-17(11-16)20-8-5-15(6-9-20)13-21-3/h5,10-11,18H,4,6-9,12-13H2,1-3H3. The minimum atomic E-state index is 0.751. The van der Waals surface area contributed by atoms with E-state index in [1.165, 1.54) is 11.1 Å². The molecule has 0 saturated carbocycles. The van der Waals surface area contributed by atoms with Crippen molar-refractivity contribution in [2.75, 3.05) is 38.3 Å². The van der Waals surface area contributed by atoms with Gasteiger partial charge in [-0.05, 0) is 49.6 Å². The minimum absolute atomic E-state index is 0.751. The molecule has 2 heterocycles. The average molecular weight is 289 g/mol. The van der Waals surface area contributed by atoms with Crippen LogP contribution < -0.4 is 10.2 Å². The quantitative estimate of drug-likeness (QED) is 0.618. The Bertz CT molecular complexity index is 485. The Morgan fingerprint density at radius 2 is 2.24 bits per heavy atom. The van der Waals surface area contributed by atoms with Crippen LogP contribution >= 0.6 is 0 Å². The first-order valence-corrected chi connectivity index (χ1v) is 7.83. The van der Waals surface area contributed by atoms with Crippen molar-refractivity contribution < 1.29 is 4.74 Å². The number of ether oxygens (including phenoxy) is 1. The van der Waals surface area contributed by atoms with Crippen LogP contribution in [0.4, 0.5) is 5.82 Å². The van der Waals surface area contributed by atoms with Gasteiger partial charge in [0.2, 0.25) is 0 Å². The Morgan fingerprint density at radius 1 is 1.38 bits per heavy atom. The van der Waals surface area contributed by atoms with E-state index in [-0.39, 0.29) is 0 Å². The molecule has 0 spiro atoms. The maximum Gasteiger partial charge on any atom is 0.129 e. The zero-order valence-corrected chi connectivity index (χ0v) is 13.5. The number of aryl methyl sites for hydroxylation is 1. The van der Waals surface area contributed by atoms with Crippen molar-refractivity contribution in [1.82, 2.24) is 10.3 Å². The number of hydrogen-bond acceptors (Lipinski definition) is 4. The van der Waals surface area contributed by atoms with Crippen molar-refractivity contribution in [3.63, 3.8) is 0 Å². The zero-order chi connectivity index (χ0) is 15.1. The van der Waals surface area contributed by atoms with Gasteiger partial charge in [0.25, 0.3) is 0 Å². The molecule has 1 N–H and O–H groups in total. The molecule has 0 fully saturated rings. The van der Waals surface area contributed by atoms with Crippen LogP contribution in [-0.2, 0) is 11.3 Å². The molecule has 1 aliphatic rings. The maximum atomic E-state index is 5.20. The second-order valence-corrected chi connectivity index (χ2v) is 5.64. The Labute approximate surface area is 128 Å². The average Bonchev–Trinajstić information content (AvgIpc) is 2.48. The van der Waals surface area contributed by atoms with Crippen molar-refractivity contribution in [1.29, 1.82) is 0 Å². The van der Waals surface area contributed by atoms with Gasteiger partial charge in [-0.15, -0.1) is 0 Å². The Hall–Kier alpha value is -1.39. The van der Waals surface area contributed by atoms with E-state index in [2.05, 4.69) is 42.3 Å². The second-order valence-electron chi connectivity index (χ2n) is 5.64. The number of methoxy groups -OCH3 is 1. The summed E-state index contributed by atoms with van der Waals surface area (Å²) in [4.78, 5) is 7.04. The van der Waals surface area contributed by atoms with Crippen LogP contribution in [0, 0.1) is 6.92 Å². The van der Waals surface area contributed by atoms with Crippen molar-refractivity contribution in [3.05, 3.63) is 35.0 Å². The lowest BCUT2D eigenvalue weighted by molar-refractivity contribution is 0.222.